The van der Waals surface area contributed by atoms with Gasteiger partial charge in [0.05, 0.1) is 21.1 Å². The van der Waals surface area contributed by atoms with Crippen molar-refractivity contribution in [2.75, 3.05) is 19.6 Å². The number of aromatic nitrogens is 2. The van der Waals surface area contributed by atoms with Crippen LogP contribution < -0.4 is 5.32 Å². The molecule has 3 saturated heterocycles. The molecule has 1 aromatic heterocycles. The molecule has 0 spiro atoms. The van der Waals surface area contributed by atoms with Crippen molar-refractivity contribution < 1.29 is 4.79 Å². The van der Waals surface area contributed by atoms with Gasteiger partial charge in [0.2, 0.25) is 0 Å². The second-order valence-corrected chi connectivity index (χ2v) is 8.48. The number of hydrogen-bond acceptors (Lipinski definition) is 3. The summed E-state index contributed by atoms with van der Waals surface area (Å²) in [6, 6.07) is 11.3. The number of halogens is 2. The second kappa shape index (κ2) is 7.07. The number of rotatable bonds is 3. The molecule has 1 amide bonds. The lowest BCUT2D eigenvalue weighted by Gasteiger charge is -2.44. The molecule has 2 N–H and O–H groups in total. The highest BCUT2D eigenvalue weighted by atomic mass is 35.5. The van der Waals surface area contributed by atoms with E-state index in [0.29, 0.717) is 21.5 Å². The first-order chi connectivity index (χ1) is 13.6. The Morgan fingerprint density at radius 2 is 1.82 bits per heavy atom. The fraction of sp³-hybridized carbons (Fsp3) is 0.333. The van der Waals surface area contributed by atoms with Crippen LogP contribution >= 0.6 is 23.2 Å². The molecule has 3 aromatic rings. The molecule has 3 aliphatic heterocycles. The fourth-order valence-corrected chi connectivity index (χ4v) is 4.62. The van der Waals surface area contributed by atoms with E-state index in [-0.39, 0.29) is 11.9 Å². The van der Waals surface area contributed by atoms with Gasteiger partial charge in [-0.25, -0.2) is 4.98 Å². The van der Waals surface area contributed by atoms with Crippen LogP contribution in [-0.2, 0) is 0 Å². The van der Waals surface area contributed by atoms with Crippen molar-refractivity contribution in [1.82, 2.24) is 20.2 Å². The lowest BCUT2D eigenvalue weighted by atomic mass is 9.84. The number of amides is 1. The highest BCUT2D eigenvalue weighted by Crippen LogP contribution is 2.29. The van der Waals surface area contributed by atoms with E-state index in [9.17, 15) is 4.79 Å². The molecule has 6 rings (SSSR count). The van der Waals surface area contributed by atoms with Crippen LogP contribution in [0.1, 0.15) is 23.2 Å². The van der Waals surface area contributed by atoms with Crippen LogP contribution in [0.25, 0.3) is 22.4 Å². The number of carbonyl (C=O) groups is 1. The van der Waals surface area contributed by atoms with Crippen LogP contribution in [0, 0.1) is 5.92 Å². The molecule has 0 radical (unpaired) electrons. The lowest BCUT2D eigenvalue weighted by Crippen LogP contribution is -2.57. The zero-order valence-corrected chi connectivity index (χ0v) is 16.7. The molecule has 2 bridgehead atoms. The molecular weight excluding hydrogens is 395 g/mol. The molecule has 2 aromatic carbocycles. The van der Waals surface area contributed by atoms with E-state index in [1.807, 2.05) is 24.3 Å². The first-order valence-corrected chi connectivity index (χ1v) is 10.3. The molecule has 5 nitrogen and oxygen atoms in total. The third kappa shape index (κ3) is 3.28. The summed E-state index contributed by atoms with van der Waals surface area (Å²) in [5.74, 6) is 1.33. The number of piperidine rings is 3. The molecule has 4 heterocycles. The van der Waals surface area contributed by atoms with E-state index in [1.165, 1.54) is 25.9 Å². The highest BCUT2D eigenvalue weighted by molar-refractivity contribution is 6.42. The lowest BCUT2D eigenvalue weighted by molar-refractivity contribution is 0.0620. The smallest absolute Gasteiger partial charge is 0.251 e. The van der Waals surface area contributed by atoms with Gasteiger partial charge in [-0.05, 0) is 56.1 Å². The number of nitrogens with one attached hydrogen (secondary N) is 2. The zero-order chi connectivity index (χ0) is 19.3. The van der Waals surface area contributed by atoms with Gasteiger partial charge < -0.3 is 15.2 Å². The first-order valence-electron chi connectivity index (χ1n) is 9.55. The molecule has 28 heavy (non-hydrogen) atoms. The molecular formula is C21H20Cl2N4O. The molecule has 0 saturated carbocycles. The van der Waals surface area contributed by atoms with Gasteiger partial charge >= 0.3 is 0 Å². The monoisotopic (exact) mass is 414 g/mol. The van der Waals surface area contributed by atoms with Crippen molar-refractivity contribution >= 4 is 40.1 Å². The summed E-state index contributed by atoms with van der Waals surface area (Å²) < 4.78 is 0. The standard InChI is InChI=1S/C21H20Cl2N4O/c22-15-9-17-18(10-16(15)23)25-20(24-17)13-1-3-14(4-2-13)21(28)26-19-11-27-7-5-12(19)6-8-27/h1-4,9-10,12,19H,5-8,11H2,(H,24,25)(H,26,28). The van der Waals surface area contributed by atoms with Crippen LogP contribution in [-0.4, -0.2) is 46.5 Å². The fourth-order valence-electron chi connectivity index (χ4n) is 4.30. The summed E-state index contributed by atoms with van der Waals surface area (Å²) in [4.78, 5) is 22.9. The number of nitrogens with zero attached hydrogens (tertiary/aromatic N) is 2. The number of hydrogen-bond donors (Lipinski definition) is 2. The summed E-state index contributed by atoms with van der Waals surface area (Å²) in [6.07, 6.45) is 2.37. The largest absolute Gasteiger partial charge is 0.348 e. The molecule has 1 atom stereocenters. The molecule has 0 aliphatic carbocycles. The minimum absolute atomic E-state index is 0.00605. The van der Waals surface area contributed by atoms with Crippen LogP contribution in [0.5, 0.6) is 0 Å². The summed E-state index contributed by atoms with van der Waals surface area (Å²) in [5, 5.41) is 4.20. The Bertz CT molecular complexity index is 999. The predicted octanol–water partition coefficient (Wildman–Crippen LogP) is 4.36. The van der Waals surface area contributed by atoms with Gasteiger partial charge in [-0.1, -0.05) is 35.3 Å². The third-order valence-corrected chi connectivity index (χ3v) is 6.64. The topological polar surface area (TPSA) is 61.0 Å². The molecule has 1 unspecified atom stereocenters. The Morgan fingerprint density at radius 1 is 1.11 bits per heavy atom. The maximum atomic E-state index is 12.7. The molecule has 7 heteroatoms. The number of imidazole rings is 1. The van der Waals surface area contributed by atoms with Crippen molar-refractivity contribution in [3.8, 4) is 11.4 Å². The molecule has 144 valence electrons. The minimum atomic E-state index is -0.00605. The van der Waals surface area contributed by atoms with Crippen molar-refractivity contribution in [3.63, 3.8) is 0 Å². The Morgan fingerprint density at radius 3 is 2.50 bits per heavy atom. The van der Waals surface area contributed by atoms with Crippen molar-refractivity contribution in [3.05, 3.63) is 52.0 Å². The van der Waals surface area contributed by atoms with E-state index < -0.39 is 0 Å². The summed E-state index contributed by atoms with van der Waals surface area (Å²) in [5.41, 5.74) is 3.16. The Balaban J connectivity index is 1.33. The average Bonchev–Trinajstić information content (AvgIpc) is 3.12. The van der Waals surface area contributed by atoms with Gasteiger partial charge in [-0.2, -0.15) is 0 Å². The highest BCUT2D eigenvalue weighted by Gasteiger charge is 2.34. The van der Waals surface area contributed by atoms with Gasteiger partial charge in [0.15, 0.2) is 0 Å². The Hall–Kier alpha value is -2.08. The van der Waals surface area contributed by atoms with Gasteiger partial charge in [-0.3, -0.25) is 4.79 Å². The van der Waals surface area contributed by atoms with E-state index in [2.05, 4.69) is 20.2 Å². The Labute approximate surface area is 173 Å². The quantitative estimate of drug-likeness (QED) is 0.668. The maximum absolute atomic E-state index is 12.7. The van der Waals surface area contributed by atoms with Crippen LogP contribution in [0.3, 0.4) is 0 Å². The SMILES string of the molecule is O=C(NC1CN2CCC1CC2)c1ccc(-c2nc3cc(Cl)c(Cl)cc3[nH]2)cc1. The summed E-state index contributed by atoms with van der Waals surface area (Å²) >= 11 is 12.1. The maximum Gasteiger partial charge on any atom is 0.251 e. The number of carbonyl (C=O) groups excluding carboxylic acids is 1. The van der Waals surface area contributed by atoms with Gasteiger partial charge in [0, 0.05) is 23.7 Å². The van der Waals surface area contributed by atoms with Gasteiger partial charge in [0.25, 0.3) is 5.91 Å². The van der Waals surface area contributed by atoms with Crippen LogP contribution in [0.15, 0.2) is 36.4 Å². The average molecular weight is 415 g/mol. The van der Waals surface area contributed by atoms with E-state index in [4.69, 9.17) is 23.2 Å². The van der Waals surface area contributed by atoms with E-state index >= 15 is 0 Å². The van der Waals surface area contributed by atoms with E-state index in [1.54, 1.807) is 12.1 Å². The van der Waals surface area contributed by atoms with Crippen molar-refractivity contribution in [2.24, 2.45) is 5.92 Å². The van der Waals surface area contributed by atoms with Crippen molar-refractivity contribution in [1.29, 1.82) is 0 Å². The first kappa shape index (κ1) is 18.0. The van der Waals surface area contributed by atoms with E-state index in [0.717, 1.165) is 29.0 Å². The predicted molar refractivity (Wildman–Crippen MR) is 112 cm³/mol. The van der Waals surface area contributed by atoms with Gasteiger partial charge in [-0.15, -0.1) is 0 Å². The third-order valence-electron chi connectivity index (χ3n) is 5.92. The van der Waals surface area contributed by atoms with Gasteiger partial charge in [0.1, 0.15) is 5.82 Å². The minimum Gasteiger partial charge on any atom is -0.348 e. The number of H-pyrrole nitrogens is 1. The number of fused-ring (bicyclic) bond motifs is 4. The van der Waals surface area contributed by atoms with Crippen LogP contribution in [0.2, 0.25) is 10.0 Å². The van der Waals surface area contributed by atoms with Crippen molar-refractivity contribution in [2.45, 2.75) is 18.9 Å². The number of benzene rings is 2. The molecule has 3 fully saturated rings. The number of aromatic amines is 1. The zero-order valence-electron chi connectivity index (χ0n) is 15.2. The second-order valence-electron chi connectivity index (χ2n) is 7.66. The summed E-state index contributed by atoms with van der Waals surface area (Å²) in [7, 11) is 0. The summed E-state index contributed by atoms with van der Waals surface area (Å²) in [6.45, 7) is 3.30. The Kier molecular flexibility index (Phi) is 4.54. The van der Waals surface area contributed by atoms with Crippen LogP contribution in [0.4, 0.5) is 0 Å². The molecule has 3 aliphatic rings. The normalized spacial score (nSPS) is 23.9.